The molecule has 26 heavy (non-hydrogen) atoms. The number of aryl methyl sites for hydroxylation is 2. The highest BCUT2D eigenvalue weighted by atomic mass is 28.4. The highest BCUT2D eigenvalue weighted by Crippen LogP contribution is 2.32. The summed E-state index contributed by atoms with van der Waals surface area (Å²) in [6, 6.07) is 16.4. The Morgan fingerprint density at radius 1 is 1.04 bits per heavy atom. The zero-order chi connectivity index (χ0) is 18.7. The molecular weight excluding hydrogens is 338 g/mol. The summed E-state index contributed by atoms with van der Waals surface area (Å²) in [4.78, 5) is 5.00. The first-order chi connectivity index (χ1) is 12.3. The second kappa shape index (κ2) is 7.29. The first kappa shape index (κ1) is 18.1. The van der Waals surface area contributed by atoms with E-state index < -0.39 is 8.32 Å². The fourth-order valence-electron chi connectivity index (χ4n) is 2.68. The summed E-state index contributed by atoms with van der Waals surface area (Å²) >= 11 is 0. The second-order valence-corrected chi connectivity index (χ2v) is 11.8. The smallest absolute Gasteiger partial charge is 0.242 e. The molecule has 0 saturated heterocycles. The fourth-order valence-corrected chi connectivity index (χ4v) is 3.50. The molecule has 2 aromatic carbocycles. The van der Waals surface area contributed by atoms with E-state index in [-0.39, 0.29) is 0 Å². The van der Waals surface area contributed by atoms with E-state index in [1.165, 1.54) is 5.56 Å². The van der Waals surface area contributed by atoms with Crippen LogP contribution in [0.15, 0.2) is 65.9 Å². The maximum Gasteiger partial charge on any atom is 0.242 e. The molecule has 3 aromatic rings. The third-order valence-corrected chi connectivity index (χ3v) is 4.62. The van der Waals surface area contributed by atoms with E-state index in [4.69, 9.17) is 9.42 Å². The Morgan fingerprint density at radius 3 is 2.38 bits per heavy atom. The molecule has 0 atom stereocenters. The van der Waals surface area contributed by atoms with Gasteiger partial charge in [0.15, 0.2) is 0 Å². The Bertz CT molecular complexity index is 924. The lowest BCUT2D eigenvalue weighted by molar-refractivity contribution is 0.558. The van der Waals surface area contributed by atoms with Crippen molar-refractivity contribution in [3.8, 4) is 5.75 Å². The van der Waals surface area contributed by atoms with Crippen molar-refractivity contribution in [3.05, 3.63) is 77.6 Å². The predicted octanol–water partition coefficient (Wildman–Crippen LogP) is 5.11. The Balaban J connectivity index is 2.14. The number of aromatic nitrogens is 2. The first-order valence-corrected chi connectivity index (χ1v) is 12.2. The van der Waals surface area contributed by atoms with Gasteiger partial charge < -0.3 is 4.43 Å². The summed E-state index contributed by atoms with van der Waals surface area (Å²) in [5.74, 6) is 0.849. The van der Waals surface area contributed by atoms with E-state index in [1.807, 2.05) is 43.7 Å². The number of hydrogen-bond donors (Lipinski definition) is 0. The molecular formula is C21H25N3OSi. The van der Waals surface area contributed by atoms with E-state index in [0.29, 0.717) is 0 Å². The summed E-state index contributed by atoms with van der Waals surface area (Å²) < 4.78 is 8.10. The summed E-state index contributed by atoms with van der Waals surface area (Å²) in [7, 11) is 0.171. The lowest BCUT2D eigenvalue weighted by Crippen LogP contribution is -2.29. The minimum absolute atomic E-state index is 0.848. The first-order valence-electron chi connectivity index (χ1n) is 8.75. The summed E-state index contributed by atoms with van der Waals surface area (Å²) in [5.41, 5.74) is 4.95. The molecule has 0 aliphatic rings. The van der Waals surface area contributed by atoms with Gasteiger partial charge in [-0.2, -0.15) is 5.10 Å². The van der Waals surface area contributed by atoms with Crippen LogP contribution in [0.4, 0.5) is 5.69 Å². The summed E-state index contributed by atoms with van der Waals surface area (Å²) in [6.45, 7) is 8.62. The van der Waals surface area contributed by atoms with Gasteiger partial charge in [0.2, 0.25) is 8.32 Å². The highest BCUT2D eigenvalue weighted by molar-refractivity contribution is 6.70. The van der Waals surface area contributed by atoms with E-state index in [2.05, 4.69) is 55.9 Å². The van der Waals surface area contributed by atoms with Gasteiger partial charge in [0.05, 0.1) is 11.9 Å². The van der Waals surface area contributed by atoms with Crippen LogP contribution in [-0.4, -0.2) is 23.8 Å². The van der Waals surface area contributed by atoms with E-state index in [1.54, 1.807) is 4.68 Å². The third-order valence-electron chi connectivity index (χ3n) is 3.79. The molecule has 0 bridgehead atoms. The molecule has 0 fully saturated rings. The quantitative estimate of drug-likeness (QED) is 0.467. The largest absolute Gasteiger partial charge is 0.543 e. The minimum Gasteiger partial charge on any atom is -0.543 e. The SMILES string of the molecule is Cc1ccc(N=C(c2ccccc2)c2cnn(C)c2)c(O[Si](C)(C)C)c1. The Morgan fingerprint density at radius 2 is 1.77 bits per heavy atom. The molecule has 5 heteroatoms. The number of nitrogens with zero attached hydrogens (tertiary/aromatic N) is 3. The van der Waals surface area contributed by atoms with Crippen molar-refractivity contribution in [1.82, 2.24) is 9.78 Å². The van der Waals surface area contributed by atoms with Crippen molar-refractivity contribution in [2.75, 3.05) is 0 Å². The Kier molecular flexibility index (Phi) is 5.09. The maximum atomic E-state index is 6.30. The lowest BCUT2D eigenvalue weighted by atomic mass is 10.1. The van der Waals surface area contributed by atoms with Gasteiger partial charge in [-0.05, 0) is 44.3 Å². The molecule has 0 spiro atoms. The maximum absolute atomic E-state index is 6.30. The van der Waals surface area contributed by atoms with Crippen molar-refractivity contribution in [2.24, 2.45) is 12.0 Å². The van der Waals surface area contributed by atoms with E-state index in [0.717, 1.165) is 28.3 Å². The van der Waals surface area contributed by atoms with Gasteiger partial charge in [-0.15, -0.1) is 0 Å². The van der Waals surface area contributed by atoms with Crippen LogP contribution in [0.3, 0.4) is 0 Å². The molecule has 1 aromatic heterocycles. The third kappa shape index (κ3) is 4.49. The molecule has 0 saturated carbocycles. The highest BCUT2D eigenvalue weighted by Gasteiger charge is 2.19. The summed E-state index contributed by atoms with van der Waals surface area (Å²) in [6.07, 6.45) is 3.83. The molecule has 134 valence electrons. The van der Waals surface area contributed by atoms with Gasteiger partial charge in [0.25, 0.3) is 0 Å². The molecule has 0 unspecified atom stereocenters. The van der Waals surface area contributed by atoms with Crippen LogP contribution in [0, 0.1) is 6.92 Å². The van der Waals surface area contributed by atoms with Crippen LogP contribution >= 0.6 is 0 Å². The topological polar surface area (TPSA) is 39.4 Å². The van der Waals surface area contributed by atoms with Gasteiger partial charge in [0.1, 0.15) is 11.4 Å². The molecule has 3 rings (SSSR count). The van der Waals surface area contributed by atoms with Gasteiger partial charge in [-0.1, -0.05) is 36.4 Å². The van der Waals surface area contributed by atoms with Crippen molar-refractivity contribution in [3.63, 3.8) is 0 Å². The van der Waals surface area contributed by atoms with E-state index >= 15 is 0 Å². The number of rotatable bonds is 5. The Labute approximate surface area is 156 Å². The van der Waals surface area contributed by atoms with Gasteiger partial charge in [-0.25, -0.2) is 4.99 Å². The van der Waals surface area contributed by atoms with Crippen LogP contribution < -0.4 is 4.43 Å². The second-order valence-electron chi connectivity index (χ2n) is 7.41. The summed E-state index contributed by atoms with van der Waals surface area (Å²) in [5, 5.41) is 4.31. The zero-order valence-electron chi connectivity index (χ0n) is 16.0. The van der Waals surface area contributed by atoms with Crippen molar-refractivity contribution >= 4 is 19.7 Å². The van der Waals surface area contributed by atoms with Gasteiger partial charge in [-0.3, -0.25) is 4.68 Å². The lowest BCUT2D eigenvalue weighted by Gasteiger charge is -2.21. The standard InChI is InChI=1S/C21H25N3OSi/c1-16-11-12-19(20(13-16)25-26(3,4)5)23-21(17-9-7-6-8-10-17)18-14-22-24(2)15-18/h6-15H,1-5H3. The molecule has 0 amide bonds. The van der Waals surface area contributed by atoms with Gasteiger partial charge in [0, 0.05) is 24.4 Å². The molecule has 0 aliphatic heterocycles. The average molecular weight is 364 g/mol. The van der Waals surface area contributed by atoms with Crippen LogP contribution in [-0.2, 0) is 7.05 Å². The van der Waals surface area contributed by atoms with Crippen LogP contribution in [0.2, 0.25) is 19.6 Å². The van der Waals surface area contributed by atoms with E-state index in [9.17, 15) is 0 Å². The predicted molar refractivity (Wildman–Crippen MR) is 110 cm³/mol. The Hall–Kier alpha value is -2.66. The average Bonchev–Trinajstić information content (AvgIpc) is 3.00. The van der Waals surface area contributed by atoms with Gasteiger partial charge >= 0.3 is 0 Å². The molecule has 0 radical (unpaired) electrons. The molecule has 0 aliphatic carbocycles. The molecule has 4 nitrogen and oxygen atoms in total. The monoisotopic (exact) mass is 363 g/mol. The normalized spacial score (nSPS) is 12.3. The number of benzene rings is 2. The van der Waals surface area contributed by atoms with Crippen molar-refractivity contribution in [1.29, 1.82) is 0 Å². The van der Waals surface area contributed by atoms with Crippen LogP contribution in [0.5, 0.6) is 5.75 Å². The minimum atomic E-state index is -1.74. The molecule has 1 heterocycles. The van der Waals surface area contributed by atoms with Crippen molar-refractivity contribution in [2.45, 2.75) is 26.6 Å². The molecule has 0 N–H and O–H groups in total. The fraction of sp³-hybridized carbons (Fsp3) is 0.238. The van der Waals surface area contributed by atoms with Crippen LogP contribution in [0.25, 0.3) is 0 Å². The number of hydrogen-bond acceptors (Lipinski definition) is 3. The van der Waals surface area contributed by atoms with Crippen LogP contribution in [0.1, 0.15) is 16.7 Å². The number of aliphatic imine (C=N–C) groups is 1. The zero-order valence-corrected chi connectivity index (χ0v) is 17.0. The van der Waals surface area contributed by atoms with Crippen molar-refractivity contribution < 1.29 is 4.43 Å².